The lowest BCUT2D eigenvalue weighted by Crippen LogP contribution is -2.20. The van der Waals surface area contributed by atoms with Crippen molar-refractivity contribution in [2.24, 2.45) is 0 Å². The van der Waals surface area contributed by atoms with Crippen molar-refractivity contribution in [1.82, 2.24) is 9.78 Å². The van der Waals surface area contributed by atoms with Crippen molar-refractivity contribution in [2.75, 3.05) is 7.11 Å². The van der Waals surface area contributed by atoms with E-state index in [1.807, 2.05) is 18.5 Å². The number of hydrogen-bond acceptors (Lipinski definition) is 2. The fraction of sp³-hybridized carbons (Fsp3) is 0.471. The molecular weight excluding hydrogens is 283 g/mol. The largest absolute Gasteiger partial charge is 0.497 e. The summed E-state index contributed by atoms with van der Waals surface area (Å²) in [4.78, 5) is 12.3. The topological polar surface area (TPSA) is 47.0 Å². The molecule has 2 aromatic rings. The zero-order valence-corrected chi connectivity index (χ0v) is 13.1. The summed E-state index contributed by atoms with van der Waals surface area (Å²) in [7, 11) is 1.51. The van der Waals surface area contributed by atoms with Crippen molar-refractivity contribution in [3.05, 3.63) is 51.2 Å². The van der Waals surface area contributed by atoms with Gasteiger partial charge in [-0.3, -0.25) is 14.6 Å². The molecule has 1 aliphatic carbocycles. The van der Waals surface area contributed by atoms with E-state index < -0.39 is 0 Å². The van der Waals surface area contributed by atoms with Gasteiger partial charge in [0.2, 0.25) is 0 Å². The molecule has 0 spiro atoms. The molecule has 0 saturated heterocycles. The van der Waals surface area contributed by atoms with Crippen molar-refractivity contribution in [1.29, 1.82) is 0 Å². The second-order valence-corrected chi connectivity index (χ2v) is 6.00. The molecule has 1 aliphatic rings. The molecule has 1 aromatic carbocycles. The van der Waals surface area contributed by atoms with E-state index in [1.54, 1.807) is 12.1 Å². The summed E-state index contributed by atoms with van der Waals surface area (Å²) in [6, 6.07) is 5.16. The molecule has 1 atom stereocenters. The first-order chi connectivity index (χ1) is 10.5. The highest BCUT2D eigenvalue weighted by Gasteiger charge is 2.27. The van der Waals surface area contributed by atoms with Gasteiger partial charge in [0.15, 0.2) is 0 Å². The lowest BCUT2D eigenvalue weighted by Gasteiger charge is -2.28. The highest BCUT2D eigenvalue weighted by atomic mass is 19.1. The van der Waals surface area contributed by atoms with Crippen LogP contribution in [0.5, 0.6) is 5.75 Å². The molecule has 3 rings (SSSR count). The molecular formula is C17H21FN2O2. The van der Waals surface area contributed by atoms with E-state index in [0.717, 1.165) is 18.5 Å². The number of aromatic amines is 1. The van der Waals surface area contributed by atoms with E-state index >= 15 is 0 Å². The summed E-state index contributed by atoms with van der Waals surface area (Å²) in [5.41, 5.74) is 1.96. The fourth-order valence-corrected chi connectivity index (χ4v) is 3.21. The molecule has 0 amide bonds. The van der Waals surface area contributed by atoms with Gasteiger partial charge in [0.05, 0.1) is 13.2 Å². The molecule has 1 saturated carbocycles. The normalized spacial score (nSPS) is 16.4. The Balaban J connectivity index is 2.00. The summed E-state index contributed by atoms with van der Waals surface area (Å²) >= 11 is 0. The van der Waals surface area contributed by atoms with Crippen LogP contribution in [0.1, 0.15) is 55.0 Å². The van der Waals surface area contributed by atoms with E-state index in [0.29, 0.717) is 22.9 Å². The summed E-state index contributed by atoms with van der Waals surface area (Å²) < 4.78 is 21.3. The first-order valence-corrected chi connectivity index (χ1v) is 7.67. The summed E-state index contributed by atoms with van der Waals surface area (Å²) in [6.45, 7) is 3.80. The van der Waals surface area contributed by atoms with Crippen LogP contribution in [0.4, 0.5) is 4.39 Å². The highest BCUT2D eigenvalue weighted by molar-refractivity contribution is 5.37. The molecule has 22 heavy (non-hydrogen) atoms. The number of aromatic nitrogens is 2. The molecule has 0 aliphatic heterocycles. The van der Waals surface area contributed by atoms with Gasteiger partial charge in [-0.15, -0.1) is 0 Å². The summed E-state index contributed by atoms with van der Waals surface area (Å²) in [5.74, 6) is -0.163. The lowest BCUT2D eigenvalue weighted by atomic mass is 9.91. The van der Waals surface area contributed by atoms with Crippen LogP contribution in [-0.2, 0) is 0 Å². The Kier molecular flexibility index (Phi) is 3.81. The number of nitrogens with zero attached hydrogens (tertiary/aromatic N) is 1. The van der Waals surface area contributed by atoms with Gasteiger partial charge in [-0.1, -0.05) is 13.0 Å². The van der Waals surface area contributed by atoms with Gasteiger partial charge < -0.3 is 4.74 Å². The number of ether oxygens (including phenoxy) is 1. The number of nitrogens with one attached hydrogen (secondary N) is 1. The predicted octanol–water partition coefficient (Wildman–Crippen LogP) is 3.51. The van der Waals surface area contributed by atoms with Crippen LogP contribution in [0.2, 0.25) is 0 Å². The van der Waals surface area contributed by atoms with Gasteiger partial charge >= 0.3 is 0 Å². The minimum absolute atomic E-state index is 0.118. The van der Waals surface area contributed by atoms with E-state index in [4.69, 9.17) is 4.74 Å². The SMILES string of the molecule is COc1ccc(C(C)c2c(C)n(C3CCC3)[nH]c2=O)c(F)c1. The molecule has 1 heterocycles. The van der Waals surface area contributed by atoms with Crippen molar-refractivity contribution >= 4 is 0 Å². The molecule has 0 radical (unpaired) electrons. The van der Waals surface area contributed by atoms with Crippen molar-refractivity contribution < 1.29 is 9.13 Å². The summed E-state index contributed by atoms with van der Waals surface area (Å²) in [5, 5.41) is 2.92. The van der Waals surface area contributed by atoms with E-state index in [2.05, 4.69) is 5.10 Å². The number of rotatable bonds is 4. The second-order valence-electron chi connectivity index (χ2n) is 6.00. The average molecular weight is 304 g/mol. The lowest BCUT2D eigenvalue weighted by molar-refractivity contribution is 0.283. The van der Waals surface area contributed by atoms with Crippen LogP contribution in [0.15, 0.2) is 23.0 Å². The van der Waals surface area contributed by atoms with Crippen LogP contribution in [-0.4, -0.2) is 16.9 Å². The van der Waals surface area contributed by atoms with Crippen LogP contribution < -0.4 is 10.3 Å². The maximum atomic E-state index is 14.3. The smallest absolute Gasteiger partial charge is 0.268 e. The zero-order chi connectivity index (χ0) is 15.9. The number of H-pyrrole nitrogens is 1. The van der Waals surface area contributed by atoms with Gasteiger partial charge in [0.1, 0.15) is 11.6 Å². The van der Waals surface area contributed by atoms with Crippen molar-refractivity contribution in [2.45, 2.75) is 45.1 Å². The highest BCUT2D eigenvalue weighted by Crippen LogP contribution is 2.34. The molecule has 4 nitrogen and oxygen atoms in total. The third kappa shape index (κ3) is 2.34. The monoisotopic (exact) mass is 304 g/mol. The molecule has 1 fully saturated rings. The van der Waals surface area contributed by atoms with Gasteiger partial charge in [-0.25, -0.2) is 4.39 Å². The van der Waals surface area contributed by atoms with Crippen LogP contribution in [0.25, 0.3) is 0 Å². The third-order valence-electron chi connectivity index (χ3n) is 4.76. The number of benzene rings is 1. The van der Waals surface area contributed by atoms with Crippen LogP contribution in [0, 0.1) is 12.7 Å². The van der Waals surface area contributed by atoms with E-state index in [-0.39, 0.29) is 17.3 Å². The molecule has 118 valence electrons. The Morgan fingerprint density at radius 2 is 2.14 bits per heavy atom. The van der Waals surface area contributed by atoms with Gasteiger partial charge in [-0.05, 0) is 37.8 Å². The van der Waals surface area contributed by atoms with Gasteiger partial charge in [-0.2, -0.15) is 0 Å². The van der Waals surface area contributed by atoms with Gasteiger partial charge in [0.25, 0.3) is 5.56 Å². The minimum atomic E-state index is -0.345. The maximum absolute atomic E-state index is 14.3. The zero-order valence-electron chi connectivity index (χ0n) is 13.1. The average Bonchev–Trinajstić information content (AvgIpc) is 2.71. The Labute approximate surface area is 128 Å². The van der Waals surface area contributed by atoms with Crippen LogP contribution in [0.3, 0.4) is 0 Å². The fourth-order valence-electron chi connectivity index (χ4n) is 3.21. The first-order valence-electron chi connectivity index (χ1n) is 7.67. The number of halogens is 1. The second kappa shape index (κ2) is 5.63. The van der Waals surface area contributed by atoms with E-state index in [1.165, 1.54) is 19.6 Å². The predicted molar refractivity (Wildman–Crippen MR) is 83.1 cm³/mol. The molecule has 5 heteroatoms. The first kappa shape index (κ1) is 14.9. The Morgan fingerprint density at radius 1 is 1.41 bits per heavy atom. The molecule has 1 N–H and O–H groups in total. The minimum Gasteiger partial charge on any atom is -0.497 e. The van der Waals surface area contributed by atoms with Crippen molar-refractivity contribution in [3.8, 4) is 5.75 Å². The van der Waals surface area contributed by atoms with Crippen LogP contribution >= 0.6 is 0 Å². The quantitative estimate of drug-likeness (QED) is 0.939. The van der Waals surface area contributed by atoms with Crippen molar-refractivity contribution in [3.63, 3.8) is 0 Å². The number of methoxy groups -OCH3 is 1. The third-order valence-corrected chi connectivity index (χ3v) is 4.76. The Hall–Kier alpha value is -2.04. The Bertz CT molecular complexity index is 744. The standard InChI is InChI=1S/C17H21FN2O2/c1-10(14-8-7-13(22-3)9-15(14)18)16-11(2)20(19-17(16)21)12-5-4-6-12/h7-10,12H,4-6H2,1-3H3,(H,19,21). The molecule has 1 unspecified atom stereocenters. The Morgan fingerprint density at radius 3 is 2.68 bits per heavy atom. The maximum Gasteiger partial charge on any atom is 0.268 e. The molecule has 1 aromatic heterocycles. The number of hydrogen-bond donors (Lipinski definition) is 1. The summed E-state index contributed by atoms with van der Waals surface area (Å²) in [6.07, 6.45) is 3.38. The van der Waals surface area contributed by atoms with E-state index in [9.17, 15) is 9.18 Å². The van der Waals surface area contributed by atoms with Gasteiger partial charge in [0, 0.05) is 23.2 Å². The molecule has 0 bridgehead atoms.